The van der Waals surface area contributed by atoms with Crippen molar-refractivity contribution in [1.82, 2.24) is 5.32 Å². The van der Waals surface area contributed by atoms with E-state index < -0.39 is 0 Å². The molecule has 2 rings (SSSR count). The third-order valence-electron chi connectivity index (χ3n) is 3.17. The number of thioether (sulfide) groups is 1. The molecule has 0 aromatic heterocycles. The van der Waals surface area contributed by atoms with Gasteiger partial charge < -0.3 is 10.1 Å². The Balaban J connectivity index is 1.77. The number of aliphatic imine (C=N–C) groups is 1. The molecular weight excluding hydrogens is 208 g/mol. The topological polar surface area (TPSA) is 33.6 Å². The minimum absolute atomic E-state index is 0.396. The fourth-order valence-corrected chi connectivity index (χ4v) is 2.74. The van der Waals surface area contributed by atoms with E-state index >= 15 is 0 Å². The van der Waals surface area contributed by atoms with E-state index in [-0.39, 0.29) is 0 Å². The molecule has 1 fully saturated rings. The molecule has 2 aliphatic heterocycles. The second-order valence-electron chi connectivity index (χ2n) is 4.85. The maximum absolute atomic E-state index is 5.39. The molecule has 1 saturated heterocycles. The van der Waals surface area contributed by atoms with Gasteiger partial charge in [0.1, 0.15) is 0 Å². The van der Waals surface area contributed by atoms with Gasteiger partial charge in [0, 0.05) is 25.0 Å². The molecule has 1 N–H and O–H groups in total. The summed E-state index contributed by atoms with van der Waals surface area (Å²) in [6.45, 7) is 8.38. The van der Waals surface area contributed by atoms with E-state index in [2.05, 4.69) is 24.2 Å². The summed E-state index contributed by atoms with van der Waals surface area (Å²) < 4.78 is 5.39. The zero-order valence-electron chi connectivity index (χ0n) is 9.58. The summed E-state index contributed by atoms with van der Waals surface area (Å²) in [5, 5.41) is 5.26. The van der Waals surface area contributed by atoms with Crippen LogP contribution in [0.5, 0.6) is 0 Å². The van der Waals surface area contributed by atoms with Crippen LogP contribution in [0.15, 0.2) is 4.99 Å². The maximum atomic E-state index is 5.39. The van der Waals surface area contributed by atoms with E-state index in [9.17, 15) is 0 Å². The fourth-order valence-electron chi connectivity index (χ4n) is 1.90. The minimum atomic E-state index is 0.396. The highest BCUT2D eigenvalue weighted by molar-refractivity contribution is 8.14. The molecule has 0 spiro atoms. The predicted molar refractivity (Wildman–Crippen MR) is 65.5 cm³/mol. The first kappa shape index (κ1) is 11.3. The van der Waals surface area contributed by atoms with Crippen molar-refractivity contribution in [1.29, 1.82) is 0 Å². The second-order valence-corrected chi connectivity index (χ2v) is 6.28. The van der Waals surface area contributed by atoms with Crippen LogP contribution < -0.4 is 5.32 Å². The highest BCUT2D eigenvalue weighted by Gasteiger charge is 2.28. The molecule has 0 aromatic carbocycles. The summed E-state index contributed by atoms with van der Waals surface area (Å²) in [5.41, 5.74) is 0.396. The van der Waals surface area contributed by atoms with Gasteiger partial charge in [-0.2, -0.15) is 0 Å². The molecule has 0 radical (unpaired) electrons. The Kier molecular flexibility index (Phi) is 3.57. The van der Waals surface area contributed by atoms with Crippen molar-refractivity contribution in [3.8, 4) is 0 Å². The van der Waals surface area contributed by atoms with Gasteiger partial charge in [0.25, 0.3) is 0 Å². The van der Waals surface area contributed by atoms with E-state index in [4.69, 9.17) is 4.74 Å². The van der Waals surface area contributed by atoms with Crippen LogP contribution in [0.2, 0.25) is 0 Å². The Morgan fingerprint density at radius 1 is 1.53 bits per heavy atom. The van der Waals surface area contributed by atoms with E-state index in [0.717, 1.165) is 44.3 Å². The average molecular weight is 228 g/mol. The summed E-state index contributed by atoms with van der Waals surface area (Å²) >= 11 is 1.86. The van der Waals surface area contributed by atoms with Crippen molar-refractivity contribution in [2.75, 3.05) is 26.3 Å². The monoisotopic (exact) mass is 228 g/mol. The smallest absolute Gasteiger partial charge is 0.156 e. The molecule has 1 atom stereocenters. The standard InChI is InChI=1S/C11H20N2OS/c1-9-7-12-10(15-9)13-8-11(2)3-5-14-6-4-11/h9H,3-8H2,1-2H3,(H,12,13). The number of hydrogen-bond donors (Lipinski definition) is 1. The zero-order valence-corrected chi connectivity index (χ0v) is 10.4. The zero-order chi connectivity index (χ0) is 10.7. The van der Waals surface area contributed by atoms with Crippen LogP contribution in [0.3, 0.4) is 0 Å². The summed E-state index contributed by atoms with van der Waals surface area (Å²) in [5.74, 6) is 0. The molecule has 0 saturated carbocycles. The Labute approximate surface area is 96.1 Å². The molecule has 0 amide bonds. The number of hydrogen-bond acceptors (Lipinski definition) is 4. The van der Waals surface area contributed by atoms with E-state index in [1.165, 1.54) is 0 Å². The van der Waals surface area contributed by atoms with Gasteiger partial charge in [0.05, 0.1) is 6.54 Å². The van der Waals surface area contributed by atoms with Gasteiger partial charge in [-0.15, -0.1) is 0 Å². The van der Waals surface area contributed by atoms with Crippen molar-refractivity contribution in [2.45, 2.75) is 31.9 Å². The number of nitrogens with one attached hydrogen (secondary N) is 1. The van der Waals surface area contributed by atoms with Crippen LogP contribution in [0, 0.1) is 5.41 Å². The molecule has 2 aliphatic rings. The van der Waals surface area contributed by atoms with Crippen LogP contribution in [0.25, 0.3) is 0 Å². The van der Waals surface area contributed by atoms with E-state index in [1.807, 2.05) is 11.8 Å². The number of amidine groups is 1. The lowest BCUT2D eigenvalue weighted by atomic mass is 9.82. The number of rotatable bonds is 2. The summed E-state index contributed by atoms with van der Waals surface area (Å²) in [4.78, 5) is 4.47. The summed E-state index contributed by atoms with van der Waals surface area (Å²) in [7, 11) is 0. The van der Waals surface area contributed by atoms with Gasteiger partial charge in [-0.1, -0.05) is 25.6 Å². The SMILES string of the molecule is CC1CN=C(NCC2(C)CCOCC2)S1. The van der Waals surface area contributed by atoms with Gasteiger partial charge >= 0.3 is 0 Å². The normalized spacial score (nSPS) is 30.0. The lowest BCUT2D eigenvalue weighted by Gasteiger charge is -2.33. The summed E-state index contributed by atoms with van der Waals surface area (Å²) in [6, 6.07) is 0. The van der Waals surface area contributed by atoms with Crippen molar-refractivity contribution >= 4 is 16.9 Å². The Morgan fingerprint density at radius 3 is 2.87 bits per heavy atom. The Hall–Kier alpha value is -0.220. The maximum Gasteiger partial charge on any atom is 0.156 e. The minimum Gasteiger partial charge on any atom is -0.381 e. The highest BCUT2D eigenvalue weighted by Crippen LogP contribution is 2.29. The first-order valence-corrected chi connectivity index (χ1v) is 6.59. The summed E-state index contributed by atoms with van der Waals surface area (Å²) in [6.07, 6.45) is 2.32. The van der Waals surface area contributed by atoms with Crippen molar-refractivity contribution in [3.63, 3.8) is 0 Å². The molecule has 2 heterocycles. The van der Waals surface area contributed by atoms with Gasteiger partial charge in [0.2, 0.25) is 0 Å². The molecule has 0 aliphatic carbocycles. The molecule has 4 heteroatoms. The largest absolute Gasteiger partial charge is 0.381 e. The lowest BCUT2D eigenvalue weighted by Crippen LogP contribution is -2.38. The van der Waals surface area contributed by atoms with E-state index in [0.29, 0.717) is 10.7 Å². The molecule has 1 unspecified atom stereocenters. The quantitative estimate of drug-likeness (QED) is 0.783. The molecular formula is C11H20N2OS. The molecule has 86 valence electrons. The first-order valence-electron chi connectivity index (χ1n) is 5.71. The van der Waals surface area contributed by atoms with E-state index in [1.54, 1.807) is 0 Å². The number of ether oxygens (including phenoxy) is 1. The highest BCUT2D eigenvalue weighted by atomic mass is 32.2. The first-order chi connectivity index (χ1) is 7.18. The van der Waals surface area contributed by atoms with Gasteiger partial charge in [-0.3, -0.25) is 4.99 Å². The van der Waals surface area contributed by atoms with Gasteiger partial charge in [-0.05, 0) is 18.3 Å². The van der Waals surface area contributed by atoms with Crippen LogP contribution in [0.4, 0.5) is 0 Å². The van der Waals surface area contributed by atoms with Crippen LogP contribution in [-0.4, -0.2) is 36.7 Å². The fraction of sp³-hybridized carbons (Fsp3) is 0.909. The lowest BCUT2D eigenvalue weighted by molar-refractivity contribution is 0.0262. The van der Waals surface area contributed by atoms with Crippen LogP contribution >= 0.6 is 11.8 Å². The molecule has 3 nitrogen and oxygen atoms in total. The third-order valence-corrected chi connectivity index (χ3v) is 4.22. The second kappa shape index (κ2) is 4.74. The van der Waals surface area contributed by atoms with Gasteiger partial charge in [-0.25, -0.2) is 0 Å². The van der Waals surface area contributed by atoms with Crippen LogP contribution in [0.1, 0.15) is 26.7 Å². The van der Waals surface area contributed by atoms with Crippen molar-refractivity contribution in [3.05, 3.63) is 0 Å². The molecule has 0 bridgehead atoms. The van der Waals surface area contributed by atoms with Crippen molar-refractivity contribution < 1.29 is 4.74 Å². The molecule has 15 heavy (non-hydrogen) atoms. The number of nitrogens with zero attached hydrogens (tertiary/aromatic N) is 1. The Morgan fingerprint density at radius 2 is 2.27 bits per heavy atom. The molecule has 0 aromatic rings. The van der Waals surface area contributed by atoms with Gasteiger partial charge in [0.15, 0.2) is 5.17 Å². The average Bonchev–Trinajstić information content (AvgIpc) is 2.63. The predicted octanol–water partition coefficient (Wildman–Crippen LogP) is 1.88. The third kappa shape index (κ3) is 3.11. The van der Waals surface area contributed by atoms with Crippen molar-refractivity contribution in [2.24, 2.45) is 10.4 Å². The van der Waals surface area contributed by atoms with Crippen LogP contribution in [-0.2, 0) is 4.74 Å². The Bertz CT molecular complexity index is 249.